The molecule has 0 radical (unpaired) electrons. The SMILES string of the molecule is C#C[C@]1(O)CC[C@H]2[C@@H]3CCc4cc(OCc5cc(COc6ccc7c(c6)CC[C@@H]6[C@@H]7CC[C@@]7(C)[C@H]6CC[C@@]7(O)C#C)cc(OCCCCOc6cc(COc7ccc8c(c7)CC[C@@H]7[C@@H]8CC[C@@]8(C)[C@H]7CC[C@@]8(O)C#C)cc(COc7ccc8c(c7)CC[C@@H]7[C@@H]8CC[C@@]8(C)[C@H]7CC[C@@]8(O)C#C)c6)c5)ccc4[C@H]3CC[C@@]21C. The molecule has 0 aromatic heterocycles. The summed E-state index contributed by atoms with van der Waals surface area (Å²) in [4.78, 5) is 0. The molecule has 8 fully saturated rings. The highest BCUT2D eigenvalue weighted by molar-refractivity contribution is 5.48. The number of hydrogen-bond acceptors (Lipinski definition) is 10. The number of rotatable bonds is 19. The molecule has 0 amide bonds. The van der Waals surface area contributed by atoms with Gasteiger partial charge in [-0.15, -0.1) is 25.7 Å². The minimum atomic E-state index is -1.01. The Morgan fingerprint density at radius 1 is 0.300 bits per heavy atom. The Kier molecular flexibility index (Phi) is 18.8. The average Bonchev–Trinajstić information content (AvgIpc) is 1.53. The van der Waals surface area contributed by atoms with Crippen LogP contribution in [-0.2, 0) is 52.1 Å². The van der Waals surface area contributed by atoms with E-state index in [2.05, 4.69) is 161 Å². The predicted octanol–water partition coefficient (Wildman–Crippen LogP) is 19.1. The molecule has 10 nitrogen and oxygen atoms in total. The number of unbranched alkanes of at least 4 members (excludes halogenated alkanes) is 1. The molecule has 0 saturated heterocycles. The molecule has 10 heteroatoms. The summed E-state index contributed by atoms with van der Waals surface area (Å²) in [6, 6.07) is 39.8. The first-order valence-corrected chi connectivity index (χ1v) is 42.5. The lowest BCUT2D eigenvalue weighted by Gasteiger charge is -2.52. The molecule has 110 heavy (non-hydrogen) atoms. The van der Waals surface area contributed by atoms with Crippen molar-refractivity contribution in [3.8, 4) is 83.9 Å². The number of terminal acetylenes is 4. The third-order valence-electron chi connectivity index (χ3n) is 33.1. The molecule has 574 valence electrons. The van der Waals surface area contributed by atoms with Crippen LogP contribution in [-0.4, -0.2) is 56.0 Å². The van der Waals surface area contributed by atoms with Crippen molar-refractivity contribution < 1.29 is 48.8 Å². The van der Waals surface area contributed by atoms with Gasteiger partial charge in [0, 0.05) is 21.7 Å². The molecule has 0 spiro atoms. The van der Waals surface area contributed by atoms with Crippen LogP contribution in [0, 0.1) is 118 Å². The van der Waals surface area contributed by atoms with Crippen LogP contribution < -0.4 is 28.4 Å². The number of ether oxygens (including phenoxy) is 6. The molecule has 6 aromatic rings. The molecule has 0 bridgehead atoms. The zero-order valence-corrected chi connectivity index (χ0v) is 65.5. The minimum Gasteiger partial charge on any atom is -0.494 e. The Morgan fingerprint density at radius 3 is 0.782 bits per heavy atom. The summed E-state index contributed by atoms with van der Waals surface area (Å²) in [5, 5.41) is 46.3. The maximum Gasteiger partial charge on any atom is 0.130 e. The Hall–Kier alpha value is -7.80. The van der Waals surface area contributed by atoms with Crippen molar-refractivity contribution >= 4 is 0 Å². The van der Waals surface area contributed by atoms with Crippen molar-refractivity contribution in [1.29, 1.82) is 0 Å². The molecule has 12 aliphatic rings. The normalized spacial score (nSPS) is 36.9. The molecule has 20 atom stereocenters. The van der Waals surface area contributed by atoms with Gasteiger partial charge in [-0.1, -0.05) is 75.6 Å². The van der Waals surface area contributed by atoms with Crippen LogP contribution in [0.15, 0.2) is 109 Å². The lowest BCUT2D eigenvalue weighted by atomic mass is 9.53. The first kappa shape index (κ1) is 73.7. The second kappa shape index (κ2) is 28.1. The Bertz CT molecular complexity index is 4160. The smallest absolute Gasteiger partial charge is 0.130 e. The Balaban J connectivity index is 0.547. The van der Waals surface area contributed by atoms with Gasteiger partial charge in [0.1, 0.15) is 83.3 Å². The van der Waals surface area contributed by atoms with Gasteiger partial charge < -0.3 is 48.8 Å². The number of benzene rings is 6. The van der Waals surface area contributed by atoms with Gasteiger partial charge in [0.15, 0.2) is 0 Å². The lowest BCUT2D eigenvalue weighted by molar-refractivity contribution is -0.0647. The van der Waals surface area contributed by atoms with Gasteiger partial charge in [-0.25, -0.2) is 0 Å². The minimum absolute atomic E-state index is 0.231. The second-order valence-electron chi connectivity index (χ2n) is 37.6. The fourth-order valence-electron chi connectivity index (χ4n) is 26.8. The predicted molar refractivity (Wildman–Crippen MR) is 430 cm³/mol. The van der Waals surface area contributed by atoms with E-state index in [0.717, 1.165) is 198 Å². The van der Waals surface area contributed by atoms with Crippen molar-refractivity contribution in [1.82, 2.24) is 0 Å². The zero-order valence-electron chi connectivity index (χ0n) is 65.5. The molecule has 12 aliphatic carbocycles. The lowest BCUT2D eigenvalue weighted by Crippen LogP contribution is -2.50. The van der Waals surface area contributed by atoms with Crippen LogP contribution in [0.1, 0.15) is 259 Å². The monoisotopic (exact) mass is 1470 g/mol. The highest BCUT2D eigenvalue weighted by Crippen LogP contribution is 2.69. The van der Waals surface area contributed by atoms with Crippen molar-refractivity contribution in [2.75, 3.05) is 13.2 Å². The summed E-state index contributed by atoms with van der Waals surface area (Å²) in [5.74, 6) is 22.1. The maximum atomic E-state index is 11.6. The van der Waals surface area contributed by atoms with E-state index in [1.165, 1.54) is 44.5 Å². The fraction of sp³-hybridized carbons (Fsp3) is 0.560. The molecule has 4 N–H and O–H groups in total. The van der Waals surface area contributed by atoms with Crippen molar-refractivity contribution in [3.63, 3.8) is 0 Å². The van der Waals surface area contributed by atoms with Crippen molar-refractivity contribution in [2.45, 2.75) is 267 Å². The van der Waals surface area contributed by atoms with Gasteiger partial charge in [-0.2, -0.15) is 0 Å². The topological polar surface area (TPSA) is 136 Å². The number of aryl methyl sites for hydroxylation is 4. The van der Waals surface area contributed by atoms with Crippen molar-refractivity contribution in [3.05, 3.63) is 176 Å². The highest BCUT2D eigenvalue weighted by atomic mass is 16.5. The highest BCUT2D eigenvalue weighted by Gasteiger charge is 2.65. The van der Waals surface area contributed by atoms with Gasteiger partial charge in [-0.05, 0) is 390 Å². The van der Waals surface area contributed by atoms with Gasteiger partial charge in [-0.3, -0.25) is 0 Å². The molecule has 8 saturated carbocycles. The molecule has 6 aromatic carbocycles. The molecule has 0 aliphatic heterocycles. The van der Waals surface area contributed by atoms with Gasteiger partial charge >= 0.3 is 0 Å². The molecular weight excluding hydrogens is 1360 g/mol. The van der Waals surface area contributed by atoms with Crippen LogP contribution in [0.5, 0.6) is 34.5 Å². The zero-order chi connectivity index (χ0) is 75.7. The first-order chi connectivity index (χ1) is 53.1. The van der Waals surface area contributed by atoms with E-state index in [1.54, 1.807) is 0 Å². The molecule has 18 rings (SSSR count). The molecular formula is C100H114O10. The van der Waals surface area contributed by atoms with Gasteiger partial charge in [0.2, 0.25) is 0 Å². The summed E-state index contributed by atoms with van der Waals surface area (Å²) in [5.41, 5.74) is 10.3. The summed E-state index contributed by atoms with van der Waals surface area (Å²) in [6.45, 7) is 11.5. The van der Waals surface area contributed by atoms with E-state index in [4.69, 9.17) is 54.1 Å². The Morgan fingerprint density at radius 2 is 0.545 bits per heavy atom. The quantitative estimate of drug-likeness (QED) is 0.0458. The Labute approximate surface area is 654 Å². The number of aliphatic hydroxyl groups is 4. The van der Waals surface area contributed by atoms with Crippen LogP contribution >= 0.6 is 0 Å². The van der Waals surface area contributed by atoms with Crippen molar-refractivity contribution in [2.24, 2.45) is 69.0 Å². The van der Waals surface area contributed by atoms with Crippen LogP contribution in [0.2, 0.25) is 0 Å². The van der Waals surface area contributed by atoms with Crippen LogP contribution in [0.25, 0.3) is 0 Å². The maximum absolute atomic E-state index is 11.6. The second-order valence-corrected chi connectivity index (χ2v) is 37.6. The number of hydrogen-bond donors (Lipinski definition) is 4. The van der Waals surface area contributed by atoms with Crippen LogP contribution in [0.3, 0.4) is 0 Å². The largest absolute Gasteiger partial charge is 0.494 e. The van der Waals surface area contributed by atoms with E-state index >= 15 is 0 Å². The molecule has 0 heterocycles. The molecule has 0 unspecified atom stereocenters. The number of fused-ring (bicyclic) bond motifs is 20. The average molecular weight is 1480 g/mol. The van der Waals surface area contributed by atoms with Crippen LogP contribution in [0.4, 0.5) is 0 Å². The summed E-state index contributed by atoms with van der Waals surface area (Å²) in [7, 11) is 0. The summed E-state index contributed by atoms with van der Waals surface area (Å²) in [6.07, 6.45) is 48.7. The van der Waals surface area contributed by atoms with E-state index in [1.807, 2.05) is 0 Å². The standard InChI is InChI=1S/C100H114O10/c1-9-97(101)43-35-89-85-23-15-67-55-71(19-27-77(67)81(85)31-39-93(89,97)5)107-59-63-49-64(60-108-72-20-28-78-68(56-72)16-24-86-82(78)32-40-94(6)90(86)36-44-98(94,102)10-2)52-75(51-63)105-47-13-14-48-106-76-53-65(61-109-73-21-29-79-69(57-73)17-25-87-83(79)33-41-95(7)91(87)37-45-99(95,103)11-3)50-66(54-76)62-110-74-22-30-80-70(58-74)18-26-88-84(80)34-42-96(8)92(88)38-46-100(96,104)12-4/h1-4,19-22,27-30,49-58,81-92,101-104H,13-18,23-26,31-48,59-62H2,5-8H3/t81-,82-,83-,84-,85-,86-,87-,88-,89+,90+,91+,92+,93+,94+,95+,96+,97+,98+,99+,100+/m1/s1. The third kappa shape index (κ3) is 12.1. The van der Waals surface area contributed by atoms with Gasteiger partial charge in [0.25, 0.3) is 0 Å². The fourth-order valence-corrected chi connectivity index (χ4v) is 26.8. The third-order valence-corrected chi connectivity index (χ3v) is 33.1. The summed E-state index contributed by atoms with van der Waals surface area (Å²) >= 11 is 0. The van der Waals surface area contributed by atoms with Gasteiger partial charge in [0.05, 0.1) is 13.2 Å². The van der Waals surface area contributed by atoms with E-state index in [9.17, 15) is 20.4 Å². The van der Waals surface area contributed by atoms with E-state index in [0.29, 0.717) is 136 Å². The first-order valence-electron chi connectivity index (χ1n) is 42.5. The van der Waals surface area contributed by atoms with E-state index in [-0.39, 0.29) is 21.7 Å². The van der Waals surface area contributed by atoms with E-state index < -0.39 is 22.4 Å². The summed E-state index contributed by atoms with van der Waals surface area (Å²) < 4.78 is 40.3.